The molecule has 0 bridgehead atoms. The maximum absolute atomic E-state index is 12.4. The lowest BCUT2D eigenvalue weighted by molar-refractivity contribution is 0.00941. The van der Waals surface area contributed by atoms with E-state index in [0.29, 0.717) is 6.54 Å². The summed E-state index contributed by atoms with van der Waals surface area (Å²) in [6, 6.07) is 3.32. The van der Waals surface area contributed by atoms with Gasteiger partial charge in [0.05, 0.1) is 6.04 Å². The van der Waals surface area contributed by atoms with Crippen LogP contribution in [0.1, 0.15) is 57.3 Å². The Labute approximate surface area is 125 Å². The molecule has 1 aliphatic heterocycles. The predicted molar refractivity (Wildman–Crippen MR) is 81.3 cm³/mol. The number of carbonyl (C=O) groups excluding carboxylic acids is 1. The summed E-state index contributed by atoms with van der Waals surface area (Å²) in [5.41, 5.74) is 1.21. The van der Waals surface area contributed by atoms with E-state index in [0.717, 1.165) is 30.5 Å². The molecule has 0 aliphatic carbocycles. The smallest absolute Gasteiger partial charge is 0.410 e. The van der Waals surface area contributed by atoms with Gasteiger partial charge in [-0.1, -0.05) is 0 Å². The first-order valence-electron chi connectivity index (χ1n) is 7.47. The van der Waals surface area contributed by atoms with Gasteiger partial charge in [0.2, 0.25) is 5.56 Å². The Morgan fingerprint density at radius 1 is 1.33 bits per heavy atom. The molecule has 21 heavy (non-hydrogen) atoms. The Hall–Kier alpha value is -1.78. The predicted octanol–water partition coefficient (Wildman–Crippen LogP) is 3.15. The van der Waals surface area contributed by atoms with Crippen LogP contribution in [0.25, 0.3) is 0 Å². The van der Waals surface area contributed by atoms with Gasteiger partial charge in [0.25, 0.3) is 0 Å². The highest BCUT2D eigenvalue weighted by atomic mass is 16.6. The Bertz CT molecular complexity index is 572. The molecule has 1 N–H and O–H groups in total. The fraction of sp³-hybridized carbons (Fsp3) is 0.625. The monoisotopic (exact) mass is 292 g/mol. The van der Waals surface area contributed by atoms with E-state index in [2.05, 4.69) is 4.98 Å². The Kier molecular flexibility index (Phi) is 4.40. The first kappa shape index (κ1) is 15.6. The van der Waals surface area contributed by atoms with Crippen molar-refractivity contribution in [2.75, 3.05) is 6.54 Å². The van der Waals surface area contributed by atoms with Gasteiger partial charge in [-0.3, -0.25) is 4.79 Å². The SMILES string of the molecule is Cc1[nH]c(=O)ccc1C1CCCCN1C(=O)OC(C)(C)C. The Balaban J connectivity index is 2.26. The van der Waals surface area contributed by atoms with Gasteiger partial charge in [-0.15, -0.1) is 0 Å². The van der Waals surface area contributed by atoms with Crippen molar-refractivity contribution in [1.82, 2.24) is 9.88 Å². The molecule has 1 amide bonds. The molecule has 2 rings (SSSR count). The number of nitrogens with zero attached hydrogens (tertiary/aromatic N) is 1. The largest absolute Gasteiger partial charge is 0.444 e. The zero-order valence-electron chi connectivity index (χ0n) is 13.2. The number of amides is 1. The molecule has 1 saturated heterocycles. The second kappa shape index (κ2) is 5.92. The van der Waals surface area contributed by atoms with Gasteiger partial charge < -0.3 is 14.6 Å². The minimum absolute atomic E-state index is 0.0227. The number of hydrogen-bond donors (Lipinski definition) is 1. The maximum Gasteiger partial charge on any atom is 0.410 e. The second-order valence-corrected chi connectivity index (χ2v) is 6.59. The lowest BCUT2D eigenvalue weighted by atomic mass is 9.95. The van der Waals surface area contributed by atoms with Gasteiger partial charge in [-0.2, -0.15) is 0 Å². The van der Waals surface area contributed by atoms with Crippen LogP contribution >= 0.6 is 0 Å². The molecule has 5 heteroatoms. The number of carbonyl (C=O) groups is 1. The minimum atomic E-state index is -0.501. The first-order chi connectivity index (χ1) is 9.78. The first-order valence-corrected chi connectivity index (χ1v) is 7.47. The van der Waals surface area contributed by atoms with Crippen molar-refractivity contribution in [3.63, 3.8) is 0 Å². The second-order valence-electron chi connectivity index (χ2n) is 6.59. The molecule has 1 aromatic heterocycles. The van der Waals surface area contributed by atoms with Gasteiger partial charge in [-0.05, 0) is 58.6 Å². The van der Waals surface area contributed by atoms with Gasteiger partial charge in [-0.25, -0.2) is 4.79 Å². The van der Waals surface area contributed by atoms with Crippen molar-refractivity contribution < 1.29 is 9.53 Å². The average molecular weight is 292 g/mol. The van der Waals surface area contributed by atoms with Crippen molar-refractivity contribution in [1.29, 1.82) is 0 Å². The summed E-state index contributed by atoms with van der Waals surface area (Å²) in [5.74, 6) is 0. The number of pyridine rings is 1. The van der Waals surface area contributed by atoms with E-state index in [9.17, 15) is 9.59 Å². The van der Waals surface area contributed by atoms with Crippen molar-refractivity contribution in [2.24, 2.45) is 0 Å². The van der Waals surface area contributed by atoms with Crippen LogP contribution in [-0.2, 0) is 4.74 Å². The van der Waals surface area contributed by atoms with Crippen molar-refractivity contribution in [3.8, 4) is 0 Å². The van der Waals surface area contributed by atoms with Gasteiger partial charge in [0.1, 0.15) is 5.60 Å². The highest BCUT2D eigenvalue weighted by Crippen LogP contribution is 2.32. The quantitative estimate of drug-likeness (QED) is 0.865. The van der Waals surface area contributed by atoms with Crippen molar-refractivity contribution in [2.45, 2.75) is 58.6 Å². The van der Waals surface area contributed by atoms with E-state index < -0.39 is 5.60 Å². The molecular weight excluding hydrogens is 268 g/mol. The molecule has 2 heterocycles. The zero-order chi connectivity index (χ0) is 15.6. The third-order valence-electron chi connectivity index (χ3n) is 3.65. The summed E-state index contributed by atoms with van der Waals surface area (Å²) < 4.78 is 5.51. The minimum Gasteiger partial charge on any atom is -0.444 e. The van der Waals surface area contributed by atoms with E-state index in [1.165, 1.54) is 6.07 Å². The van der Waals surface area contributed by atoms with E-state index >= 15 is 0 Å². The fourth-order valence-corrected chi connectivity index (χ4v) is 2.74. The Morgan fingerprint density at radius 2 is 2.05 bits per heavy atom. The van der Waals surface area contributed by atoms with Gasteiger partial charge in [0, 0.05) is 18.3 Å². The van der Waals surface area contributed by atoms with E-state index in [1.807, 2.05) is 33.8 Å². The molecule has 1 fully saturated rings. The summed E-state index contributed by atoms with van der Waals surface area (Å²) in [6.45, 7) is 8.18. The number of hydrogen-bond acceptors (Lipinski definition) is 3. The van der Waals surface area contributed by atoms with Crippen molar-refractivity contribution >= 4 is 6.09 Å². The molecule has 0 saturated carbocycles. The molecule has 0 spiro atoms. The van der Waals surface area contributed by atoms with Crippen LogP contribution < -0.4 is 5.56 Å². The summed E-state index contributed by atoms with van der Waals surface area (Å²) in [6.07, 6.45) is 2.67. The number of piperidine rings is 1. The van der Waals surface area contributed by atoms with Gasteiger partial charge in [0.15, 0.2) is 0 Å². The molecule has 1 aliphatic rings. The molecule has 116 valence electrons. The number of nitrogens with one attached hydrogen (secondary N) is 1. The number of aromatic nitrogens is 1. The van der Waals surface area contributed by atoms with Crippen LogP contribution in [0.3, 0.4) is 0 Å². The number of ether oxygens (including phenoxy) is 1. The lowest BCUT2D eigenvalue weighted by Crippen LogP contribution is -2.42. The average Bonchev–Trinajstić information content (AvgIpc) is 2.37. The molecule has 5 nitrogen and oxygen atoms in total. The molecule has 0 aromatic carbocycles. The van der Waals surface area contributed by atoms with Crippen LogP contribution in [0, 0.1) is 6.92 Å². The third-order valence-corrected chi connectivity index (χ3v) is 3.65. The van der Waals surface area contributed by atoms with Crippen LogP contribution in [-0.4, -0.2) is 28.1 Å². The summed E-state index contributed by atoms with van der Waals surface area (Å²) in [4.78, 5) is 28.4. The topological polar surface area (TPSA) is 62.4 Å². The number of H-pyrrole nitrogens is 1. The van der Waals surface area contributed by atoms with Gasteiger partial charge >= 0.3 is 6.09 Å². The normalized spacial score (nSPS) is 19.4. The number of rotatable bonds is 1. The van der Waals surface area contributed by atoms with Crippen LogP contribution in [0.5, 0.6) is 0 Å². The number of aryl methyl sites for hydroxylation is 1. The number of aromatic amines is 1. The molecule has 1 atom stereocenters. The van der Waals surface area contributed by atoms with E-state index in [1.54, 1.807) is 4.90 Å². The van der Waals surface area contributed by atoms with E-state index in [-0.39, 0.29) is 17.7 Å². The molecule has 1 unspecified atom stereocenters. The molecule has 1 aromatic rings. The van der Waals surface area contributed by atoms with Crippen molar-refractivity contribution in [3.05, 3.63) is 33.7 Å². The maximum atomic E-state index is 12.4. The summed E-state index contributed by atoms with van der Waals surface area (Å²) >= 11 is 0. The van der Waals surface area contributed by atoms with Crippen LogP contribution in [0.2, 0.25) is 0 Å². The third kappa shape index (κ3) is 3.86. The zero-order valence-corrected chi connectivity index (χ0v) is 13.2. The van der Waals surface area contributed by atoms with Crippen LogP contribution in [0.4, 0.5) is 4.79 Å². The molecular formula is C16H24N2O3. The fourth-order valence-electron chi connectivity index (χ4n) is 2.74. The highest BCUT2D eigenvalue weighted by Gasteiger charge is 2.32. The van der Waals surface area contributed by atoms with E-state index in [4.69, 9.17) is 4.74 Å². The highest BCUT2D eigenvalue weighted by molar-refractivity contribution is 5.69. The molecule has 0 radical (unpaired) electrons. The summed E-state index contributed by atoms with van der Waals surface area (Å²) in [5, 5.41) is 0. The standard InChI is InChI=1S/C16H24N2O3/c1-11-12(8-9-14(19)17-11)13-7-5-6-10-18(13)15(20)21-16(2,3)4/h8-9,13H,5-7,10H2,1-4H3,(H,17,19). The van der Waals surface area contributed by atoms with Crippen LogP contribution in [0.15, 0.2) is 16.9 Å². The Morgan fingerprint density at radius 3 is 2.67 bits per heavy atom. The summed E-state index contributed by atoms with van der Waals surface area (Å²) in [7, 11) is 0. The lowest BCUT2D eigenvalue weighted by Gasteiger charge is -2.37. The number of likely N-dealkylation sites (tertiary alicyclic amines) is 1.